The Hall–Kier alpha value is -1.47. The highest BCUT2D eigenvalue weighted by Crippen LogP contribution is 2.29. The minimum Gasteiger partial charge on any atom is -0.342 e. The monoisotopic (exact) mass is 346 g/mol. The number of aromatic nitrogens is 3. The number of rotatable bonds is 3. The second-order valence-electron chi connectivity index (χ2n) is 7.91. The number of piperidine rings is 1. The van der Waals surface area contributed by atoms with Gasteiger partial charge in [-0.05, 0) is 39.5 Å². The van der Waals surface area contributed by atoms with Crippen LogP contribution in [0.4, 0.5) is 0 Å². The minimum atomic E-state index is 0.298. The summed E-state index contributed by atoms with van der Waals surface area (Å²) in [6.07, 6.45) is 4.43. The molecular weight excluding hydrogens is 316 g/mol. The van der Waals surface area contributed by atoms with Crippen LogP contribution in [0.2, 0.25) is 0 Å². The van der Waals surface area contributed by atoms with E-state index in [1.165, 1.54) is 12.8 Å². The number of hydrogen-bond acceptors (Lipinski definition) is 5. The van der Waals surface area contributed by atoms with E-state index in [2.05, 4.69) is 43.7 Å². The molecule has 3 aliphatic heterocycles. The van der Waals surface area contributed by atoms with Gasteiger partial charge >= 0.3 is 0 Å². The van der Waals surface area contributed by atoms with E-state index in [9.17, 15) is 4.79 Å². The molecule has 2 fully saturated rings. The normalized spacial score (nSPS) is 28.3. The predicted molar refractivity (Wildman–Crippen MR) is 95.1 cm³/mol. The predicted octanol–water partition coefficient (Wildman–Crippen LogP) is 0.960. The van der Waals surface area contributed by atoms with Gasteiger partial charge in [0.1, 0.15) is 11.6 Å². The van der Waals surface area contributed by atoms with Gasteiger partial charge in [0.25, 0.3) is 0 Å². The number of likely N-dealkylation sites (tertiary alicyclic amines) is 2. The van der Waals surface area contributed by atoms with Gasteiger partial charge in [0.05, 0.1) is 13.1 Å². The molecule has 0 saturated carbocycles. The minimum absolute atomic E-state index is 0.298. The van der Waals surface area contributed by atoms with Crippen molar-refractivity contribution in [3.63, 3.8) is 0 Å². The van der Waals surface area contributed by atoms with Gasteiger partial charge in [-0.1, -0.05) is 0 Å². The van der Waals surface area contributed by atoms with Gasteiger partial charge < -0.3 is 14.8 Å². The highest BCUT2D eigenvalue weighted by molar-refractivity contribution is 5.78. The zero-order valence-corrected chi connectivity index (χ0v) is 15.4. The van der Waals surface area contributed by atoms with E-state index in [1.807, 2.05) is 0 Å². The van der Waals surface area contributed by atoms with Crippen LogP contribution >= 0.6 is 0 Å². The van der Waals surface area contributed by atoms with Crippen LogP contribution in [0, 0.1) is 0 Å². The fourth-order valence-corrected chi connectivity index (χ4v) is 4.62. The highest BCUT2D eigenvalue weighted by atomic mass is 16.2. The van der Waals surface area contributed by atoms with Crippen LogP contribution in [-0.2, 0) is 17.9 Å². The fraction of sp³-hybridized carbons (Fsp3) is 0.833. The van der Waals surface area contributed by atoms with E-state index in [-0.39, 0.29) is 0 Å². The average molecular weight is 346 g/mol. The number of amides is 1. The summed E-state index contributed by atoms with van der Waals surface area (Å²) in [6.45, 7) is 9.53. The Kier molecular flexibility index (Phi) is 4.78. The van der Waals surface area contributed by atoms with Crippen LogP contribution in [0.25, 0.3) is 0 Å². The van der Waals surface area contributed by atoms with Gasteiger partial charge in [0, 0.05) is 44.2 Å². The van der Waals surface area contributed by atoms with Gasteiger partial charge in [-0.25, -0.2) is 0 Å². The van der Waals surface area contributed by atoms with Gasteiger partial charge in [0.15, 0.2) is 0 Å². The van der Waals surface area contributed by atoms with Crippen molar-refractivity contribution in [1.82, 2.24) is 29.9 Å². The zero-order chi connectivity index (χ0) is 17.4. The van der Waals surface area contributed by atoms with Crippen LogP contribution in [0.1, 0.15) is 57.1 Å². The molecule has 25 heavy (non-hydrogen) atoms. The van der Waals surface area contributed by atoms with E-state index < -0.39 is 0 Å². The molecule has 2 saturated heterocycles. The summed E-state index contributed by atoms with van der Waals surface area (Å²) < 4.78 is 2.28. The number of nitrogens with zero attached hydrogens (tertiary/aromatic N) is 5. The summed E-state index contributed by atoms with van der Waals surface area (Å²) in [5.74, 6) is 2.92. The van der Waals surface area contributed by atoms with Crippen LogP contribution in [0.5, 0.6) is 0 Å². The SMILES string of the molecule is CC1CCC(C)N1CC(=O)N1CCC(c2nnc3n2CCNC3)CC1. The molecule has 1 aromatic heterocycles. The van der Waals surface area contributed by atoms with Crippen molar-refractivity contribution in [3.05, 3.63) is 11.6 Å². The van der Waals surface area contributed by atoms with Crippen LogP contribution in [0.15, 0.2) is 0 Å². The summed E-state index contributed by atoms with van der Waals surface area (Å²) in [6, 6.07) is 1.07. The summed E-state index contributed by atoms with van der Waals surface area (Å²) in [4.78, 5) is 17.1. The lowest BCUT2D eigenvalue weighted by atomic mass is 9.95. The number of fused-ring (bicyclic) bond motifs is 1. The molecule has 1 aromatic rings. The molecule has 1 amide bonds. The molecular formula is C18H30N6O. The van der Waals surface area contributed by atoms with Crippen molar-refractivity contribution in [2.75, 3.05) is 26.2 Å². The Morgan fingerprint density at radius 2 is 1.80 bits per heavy atom. The maximum Gasteiger partial charge on any atom is 0.236 e. The summed E-state index contributed by atoms with van der Waals surface area (Å²) >= 11 is 0. The third kappa shape index (κ3) is 3.31. The first-order valence-corrected chi connectivity index (χ1v) is 9.79. The molecule has 2 unspecified atom stereocenters. The maximum absolute atomic E-state index is 12.7. The van der Waals surface area contributed by atoms with E-state index >= 15 is 0 Å². The molecule has 0 radical (unpaired) electrons. The maximum atomic E-state index is 12.7. The summed E-state index contributed by atoms with van der Waals surface area (Å²) in [5, 5.41) is 12.1. The second kappa shape index (κ2) is 7.03. The van der Waals surface area contributed by atoms with E-state index in [0.29, 0.717) is 30.5 Å². The van der Waals surface area contributed by atoms with E-state index in [0.717, 1.165) is 57.2 Å². The molecule has 138 valence electrons. The standard InChI is InChI=1S/C18H30N6O/c1-13-3-4-14(2)24(13)12-17(25)22-8-5-15(6-9-22)18-21-20-16-11-19-7-10-23(16)18/h13-15,19H,3-12H2,1-2H3. The Morgan fingerprint density at radius 3 is 2.52 bits per heavy atom. The molecule has 3 aliphatic rings. The zero-order valence-electron chi connectivity index (χ0n) is 15.4. The van der Waals surface area contributed by atoms with Crippen LogP contribution in [-0.4, -0.2) is 68.7 Å². The molecule has 0 aliphatic carbocycles. The molecule has 0 bridgehead atoms. The smallest absolute Gasteiger partial charge is 0.236 e. The molecule has 7 heteroatoms. The van der Waals surface area contributed by atoms with Gasteiger partial charge in [0.2, 0.25) is 5.91 Å². The summed E-state index contributed by atoms with van der Waals surface area (Å²) in [7, 11) is 0. The van der Waals surface area contributed by atoms with E-state index in [1.54, 1.807) is 0 Å². The molecule has 1 N–H and O–H groups in total. The molecule has 4 rings (SSSR count). The van der Waals surface area contributed by atoms with Crippen LogP contribution in [0.3, 0.4) is 0 Å². The molecule has 2 atom stereocenters. The number of hydrogen-bond donors (Lipinski definition) is 1. The third-order valence-corrected chi connectivity index (χ3v) is 6.32. The quantitative estimate of drug-likeness (QED) is 0.883. The first-order chi connectivity index (χ1) is 12.1. The van der Waals surface area contributed by atoms with Crippen molar-refractivity contribution in [3.8, 4) is 0 Å². The second-order valence-corrected chi connectivity index (χ2v) is 7.91. The molecule has 0 spiro atoms. The Bertz CT molecular complexity index is 611. The largest absolute Gasteiger partial charge is 0.342 e. The van der Waals surface area contributed by atoms with Crippen molar-refractivity contribution < 1.29 is 4.79 Å². The van der Waals surface area contributed by atoms with Gasteiger partial charge in [-0.15, -0.1) is 10.2 Å². The average Bonchev–Trinajstić information content (AvgIpc) is 3.20. The van der Waals surface area contributed by atoms with Crippen molar-refractivity contribution in [1.29, 1.82) is 0 Å². The van der Waals surface area contributed by atoms with Crippen molar-refractivity contribution >= 4 is 5.91 Å². The van der Waals surface area contributed by atoms with Crippen LogP contribution < -0.4 is 5.32 Å². The lowest BCUT2D eigenvalue weighted by Gasteiger charge is -2.34. The Morgan fingerprint density at radius 1 is 1.08 bits per heavy atom. The molecule has 0 aromatic carbocycles. The highest BCUT2D eigenvalue weighted by Gasteiger charge is 2.32. The van der Waals surface area contributed by atoms with Gasteiger partial charge in [-0.2, -0.15) is 0 Å². The first kappa shape index (κ1) is 17.0. The third-order valence-electron chi connectivity index (χ3n) is 6.32. The molecule has 7 nitrogen and oxygen atoms in total. The summed E-state index contributed by atoms with van der Waals surface area (Å²) in [5.41, 5.74) is 0. The van der Waals surface area contributed by atoms with Crippen molar-refractivity contribution in [2.24, 2.45) is 0 Å². The first-order valence-electron chi connectivity index (χ1n) is 9.79. The Labute approximate surface area is 149 Å². The fourth-order valence-electron chi connectivity index (χ4n) is 4.62. The number of nitrogens with one attached hydrogen (secondary N) is 1. The topological polar surface area (TPSA) is 66.3 Å². The molecule has 4 heterocycles. The lowest BCUT2D eigenvalue weighted by Crippen LogP contribution is -2.46. The number of carbonyl (C=O) groups is 1. The lowest BCUT2D eigenvalue weighted by molar-refractivity contribution is -0.134. The number of carbonyl (C=O) groups excluding carboxylic acids is 1. The van der Waals surface area contributed by atoms with Crippen molar-refractivity contribution in [2.45, 2.75) is 70.6 Å². The van der Waals surface area contributed by atoms with E-state index in [4.69, 9.17) is 0 Å². The van der Waals surface area contributed by atoms with Gasteiger partial charge in [-0.3, -0.25) is 9.69 Å². The Balaban J connectivity index is 1.34.